The summed E-state index contributed by atoms with van der Waals surface area (Å²) < 4.78 is 11.2. The molecule has 0 radical (unpaired) electrons. The van der Waals surface area contributed by atoms with Crippen molar-refractivity contribution in [2.45, 2.75) is 32.0 Å². The molecule has 0 bridgehead atoms. The van der Waals surface area contributed by atoms with Crippen LogP contribution in [0.4, 0.5) is 4.79 Å². The van der Waals surface area contributed by atoms with Gasteiger partial charge in [-0.1, -0.05) is 60.7 Å². The lowest BCUT2D eigenvalue weighted by molar-refractivity contribution is -0.120. The Morgan fingerprint density at radius 2 is 1.69 bits per heavy atom. The Morgan fingerprint density at radius 3 is 2.35 bits per heavy atom. The predicted octanol–water partition coefficient (Wildman–Crippen LogP) is 3.74. The third-order valence-electron chi connectivity index (χ3n) is 4.44. The van der Waals surface area contributed by atoms with E-state index >= 15 is 0 Å². The number of hydrogen-bond acceptors (Lipinski definition) is 4. The fourth-order valence-corrected chi connectivity index (χ4v) is 3.22. The number of Topliss-reactive ketones (excluding diaryl/α,β-unsaturated/α-hetero) is 1. The third kappa shape index (κ3) is 4.49. The van der Waals surface area contributed by atoms with Crippen LogP contribution < -0.4 is 0 Å². The van der Waals surface area contributed by atoms with E-state index in [1.54, 1.807) is 4.90 Å². The van der Waals surface area contributed by atoms with Crippen molar-refractivity contribution in [1.82, 2.24) is 4.90 Å². The van der Waals surface area contributed by atoms with Crippen LogP contribution >= 0.6 is 0 Å². The molecule has 26 heavy (non-hydrogen) atoms. The lowest BCUT2D eigenvalue weighted by Crippen LogP contribution is -2.51. The highest BCUT2D eigenvalue weighted by Crippen LogP contribution is 2.29. The minimum absolute atomic E-state index is 0.0215. The molecule has 1 fully saturated rings. The van der Waals surface area contributed by atoms with Gasteiger partial charge in [0.2, 0.25) is 0 Å². The molecule has 136 valence electrons. The first kappa shape index (κ1) is 18.1. The quantitative estimate of drug-likeness (QED) is 0.822. The molecule has 0 aromatic heterocycles. The molecule has 0 aliphatic carbocycles. The number of amides is 1. The number of carbonyl (C=O) groups is 2. The molecule has 5 nitrogen and oxygen atoms in total. The maximum absolute atomic E-state index is 12.9. The predicted molar refractivity (Wildman–Crippen MR) is 97.6 cm³/mol. The van der Waals surface area contributed by atoms with Gasteiger partial charge in [0.1, 0.15) is 12.4 Å². The molecular weight excluding hydrogens is 330 g/mol. The van der Waals surface area contributed by atoms with Crippen LogP contribution in [0.5, 0.6) is 0 Å². The molecule has 1 aliphatic heterocycles. The van der Waals surface area contributed by atoms with Gasteiger partial charge in [-0.2, -0.15) is 0 Å². The fraction of sp³-hybridized carbons (Fsp3) is 0.333. The first-order chi connectivity index (χ1) is 12.6. The zero-order valence-electron chi connectivity index (χ0n) is 14.8. The van der Waals surface area contributed by atoms with Crippen LogP contribution in [0.25, 0.3) is 0 Å². The van der Waals surface area contributed by atoms with Crippen LogP contribution in [0.3, 0.4) is 0 Å². The lowest BCUT2D eigenvalue weighted by Gasteiger charge is -2.41. The van der Waals surface area contributed by atoms with E-state index < -0.39 is 6.09 Å². The van der Waals surface area contributed by atoms with Crippen molar-refractivity contribution in [3.8, 4) is 0 Å². The summed E-state index contributed by atoms with van der Waals surface area (Å²) in [6.07, 6.45) is -0.165. The summed E-state index contributed by atoms with van der Waals surface area (Å²) in [5.41, 5.74) is 1.89. The van der Waals surface area contributed by atoms with E-state index in [1.165, 1.54) is 6.92 Å². The topological polar surface area (TPSA) is 55.8 Å². The molecule has 5 heteroatoms. The minimum atomic E-state index is -0.419. The Balaban J connectivity index is 1.79. The van der Waals surface area contributed by atoms with Crippen molar-refractivity contribution in [1.29, 1.82) is 0 Å². The van der Waals surface area contributed by atoms with E-state index in [-0.39, 0.29) is 30.9 Å². The first-order valence-corrected chi connectivity index (χ1v) is 8.76. The Bertz CT molecular complexity index is 732. The zero-order valence-corrected chi connectivity index (χ0v) is 14.8. The van der Waals surface area contributed by atoms with Gasteiger partial charge in [0.25, 0.3) is 0 Å². The molecule has 0 saturated carbocycles. The number of rotatable bonds is 5. The van der Waals surface area contributed by atoms with Crippen molar-refractivity contribution in [2.75, 3.05) is 13.2 Å². The summed E-state index contributed by atoms with van der Waals surface area (Å²) in [5, 5.41) is 0. The number of nitrogens with zero attached hydrogens (tertiary/aromatic N) is 1. The minimum Gasteiger partial charge on any atom is -0.445 e. The number of hydrogen-bond donors (Lipinski definition) is 0. The SMILES string of the molecule is CC(=O)C[C@@H]1COC[C@H](c2ccccc2)N1C(=O)OCc1ccccc1. The fourth-order valence-electron chi connectivity index (χ4n) is 3.22. The van der Waals surface area contributed by atoms with Crippen LogP contribution in [-0.2, 0) is 20.9 Å². The summed E-state index contributed by atoms with van der Waals surface area (Å²) in [6.45, 7) is 2.45. The number of benzene rings is 2. The van der Waals surface area contributed by atoms with Crippen LogP contribution in [0.1, 0.15) is 30.5 Å². The van der Waals surface area contributed by atoms with Gasteiger partial charge in [-0.15, -0.1) is 0 Å². The molecule has 0 spiro atoms. The van der Waals surface area contributed by atoms with E-state index in [1.807, 2.05) is 60.7 Å². The van der Waals surface area contributed by atoms with Crippen molar-refractivity contribution in [2.24, 2.45) is 0 Å². The van der Waals surface area contributed by atoms with Gasteiger partial charge in [0.05, 0.1) is 25.3 Å². The molecular formula is C21H23NO4. The largest absolute Gasteiger partial charge is 0.445 e. The second-order valence-corrected chi connectivity index (χ2v) is 6.47. The zero-order chi connectivity index (χ0) is 18.4. The molecule has 1 amide bonds. The number of morpholine rings is 1. The average molecular weight is 353 g/mol. The monoisotopic (exact) mass is 353 g/mol. The van der Waals surface area contributed by atoms with Crippen molar-refractivity contribution in [3.05, 3.63) is 71.8 Å². The van der Waals surface area contributed by atoms with Gasteiger partial charge in [-0.05, 0) is 18.1 Å². The van der Waals surface area contributed by atoms with Gasteiger partial charge < -0.3 is 9.47 Å². The molecule has 1 heterocycles. The molecule has 0 N–H and O–H groups in total. The third-order valence-corrected chi connectivity index (χ3v) is 4.44. The number of ether oxygens (including phenoxy) is 2. The first-order valence-electron chi connectivity index (χ1n) is 8.76. The highest BCUT2D eigenvalue weighted by atomic mass is 16.6. The van der Waals surface area contributed by atoms with Crippen LogP contribution in [-0.4, -0.2) is 36.0 Å². The smallest absolute Gasteiger partial charge is 0.411 e. The van der Waals surface area contributed by atoms with Gasteiger partial charge in [0.15, 0.2) is 0 Å². The van der Waals surface area contributed by atoms with Crippen molar-refractivity contribution in [3.63, 3.8) is 0 Å². The normalized spacial score (nSPS) is 19.8. The van der Waals surface area contributed by atoms with E-state index in [0.717, 1.165) is 11.1 Å². The van der Waals surface area contributed by atoms with E-state index in [2.05, 4.69) is 0 Å². The highest BCUT2D eigenvalue weighted by molar-refractivity contribution is 5.77. The Labute approximate surface area is 153 Å². The Kier molecular flexibility index (Phi) is 6.02. The second-order valence-electron chi connectivity index (χ2n) is 6.47. The summed E-state index contributed by atoms with van der Waals surface area (Å²) in [5.74, 6) is 0.0215. The van der Waals surface area contributed by atoms with E-state index in [9.17, 15) is 9.59 Å². The van der Waals surface area contributed by atoms with Crippen LogP contribution in [0, 0.1) is 0 Å². The maximum Gasteiger partial charge on any atom is 0.411 e. The summed E-state index contributed by atoms with van der Waals surface area (Å²) >= 11 is 0. The summed E-state index contributed by atoms with van der Waals surface area (Å²) in [6, 6.07) is 18.7. The van der Waals surface area contributed by atoms with Gasteiger partial charge in [-0.25, -0.2) is 4.79 Å². The summed E-state index contributed by atoms with van der Waals surface area (Å²) in [7, 11) is 0. The molecule has 0 unspecified atom stereocenters. The Morgan fingerprint density at radius 1 is 1.04 bits per heavy atom. The van der Waals surface area contributed by atoms with Gasteiger partial charge in [-0.3, -0.25) is 9.69 Å². The maximum atomic E-state index is 12.9. The Hall–Kier alpha value is -2.66. The van der Waals surface area contributed by atoms with Crippen molar-refractivity contribution >= 4 is 11.9 Å². The molecule has 1 aliphatic rings. The number of carbonyl (C=O) groups excluding carboxylic acids is 2. The molecule has 2 atom stereocenters. The second kappa shape index (κ2) is 8.63. The lowest BCUT2D eigenvalue weighted by atomic mass is 10.0. The summed E-state index contributed by atoms with van der Waals surface area (Å²) in [4.78, 5) is 26.2. The average Bonchev–Trinajstić information content (AvgIpc) is 2.67. The molecule has 1 saturated heterocycles. The molecule has 2 aromatic rings. The molecule has 3 rings (SSSR count). The standard InChI is InChI=1S/C21H23NO4/c1-16(23)12-19-14-25-15-20(18-10-6-3-7-11-18)22(19)21(24)26-13-17-8-4-2-5-9-17/h2-11,19-20H,12-15H2,1H3/t19-,20-/m1/s1. The molecule has 2 aromatic carbocycles. The van der Waals surface area contributed by atoms with Crippen LogP contribution in [0.2, 0.25) is 0 Å². The van der Waals surface area contributed by atoms with E-state index in [4.69, 9.17) is 9.47 Å². The van der Waals surface area contributed by atoms with E-state index in [0.29, 0.717) is 13.2 Å². The van der Waals surface area contributed by atoms with Gasteiger partial charge >= 0.3 is 6.09 Å². The highest BCUT2D eigenvalue weighted by Gasteiger charge is 2.37. The van der Waals surface area contributed by atoms with Gasteiger partial charge in [0, 0.05) is 6.42 Å². The van der Waals surface area contributed by atoms with Crippen LogP contribution in [0.15, 0.2) is 60.7 Å². The number of ketones is 1. The van der Waals surface area contributed by atoms with Crippen molar-refractivity contribution < 1.29 is 19.1 Å².